The third kappa shape index (κ3) is 5.57. The van der Waals surface area contributed by atoms with E-state index in [1.807, 2.05) is 6.92 Å². The molecule has 0 radical (unpaired) electrons. The third-order valence-electron chi connectivity index (χ3n) is 5.80. The van der Waals surface area contributed by atoms with Crippen LogP contribution in [0.2, 0.25) is 0 Å². The van der Waals surface area contributed by atoms with Crippen LogP contribution in [0.3, 0.4) is 0 Å². The Kier molecular flexibility index (Phi) is 6.59. The van der Waals surface area contributed by atoms with E-state index in [0.29, 0.717) is 18.8 Å². The molecule has 0 heterocycles. The molecular formula is C22H40O3. The fourth-order valence-corrected chi connectivity index (χ4v) is 4.34. The monoisotopic (exact) mass is 352 g/mol. The van der Waals surface area contributed by atoms with Gasteiger partial charge in [0.1, 0.15) is 5.60 Å². The van der Waals surface area contributed by atoms with Gasteiger partial charge in [-0.3, -0.25) is 4.79 Å². The van der Waals surface area contributed by atoms with Gasteiger partial charge in [-0.05, 0) is 42.9 Å². The van der Waals surface area contributed by atoms with E-state index in [-0.39, 0.29) is 23.4 Å². The number of carbonyl (C=O) groups excluding carboxylic acids is 1. The Morgan fingerprint density at radius 3 is 2.20 bits per heavy atom. The van der Waals surface area contributed by atoms with E-state index in [1.54, 1.807) is 0 Å². The highest BCUT2D eigenvalue weighted by Gasteiger charge is 2.51. The van der Waals surface area contributed by atoms with Crippen molar-refractivity contribution >= 4 is 5.97 Å². The SMILES string of the molecule is C=C1CC(C)CC(CCO)(OC(=O)C(C)(CC(C)(C)C)C(C)(C)C)C1. The van der Waals surface area contributed by atoms with Crippen LogP contribution in [0.15, 0.2) is 12.2 Å². The first-order chi connectivity index (χ1) is 11.1. The predicted octanol–water partition coefficient (Wildman–Crippen LogP) is 5.52. The highest BCUT2D eigenvalue weighted by molar-refractivity contribution is 5.78. The molecule has 0 aromatic carbocycles. The normalized spacial score (nSPS) is 27.7. The van der Waals surface area contributed by atoms with Crippen molar-refractivity contribution in [1.82, 2.24) is 0 Å². The average molecular weight is 353 g/mol. The molecule has 3 heteroatoms. The van der Waals surface area contributed by atoms with Gasteiger partial charge in [-0.15, -0.1) is 0 Å². The van der Waals surface area contributed by atoms with Crippen molar-refractivity contribution < 1.29 is 14.6 Å². The van der Waals surface area contributed by atoms with Crippen LogP contribution < -0.4 is 0 Å². The molecule has 1 aliphatic carbocycles. The third-order valence-corrected chi connectivity index (χ3v) is 5.80. The number of rotatable bonds is 5. The van der Waals surface area contributed by atoms with Crippen LogP contribution in [0.25, 0.3) is 0 Å². The minimum absolute atomic E-state index is 0.0225. The van der Waals surface area contributed by atoms with Gasteiger partial charge in [-0.2, -0.15) is 0 Å². The van der Waals surface area contributed by atoms with Crippen LogP contribution in [0.1, 0.15) is 87.5 Å². The molecule has 0 amide bonds. The van der Waals surface area contributed by atoms with Gasteiger partial charge in [0.25, 0.3) is 0 Å². The quantitative estimate of drug-likeness (QED) is 0.524. The molecule has 0 aliphatic heterocycles. The Balaban J connectivity index is 3.17. The standard InChI is InChI=1S/C22H40O3/c1-16-12-17(2)14-22(13-16,10-11-23)25-18(24)21(9,20(6,7)8)15-19(3,4)5/h17,23H,1,10-15H2,2-9H3. The maximum Gasteiger partial charge on any atom is 0.312 e. The van der Waals surface area contributed by atoms with Crippen LogP contribution in [0, 0.1) is 22.2 Å². The van der Waals surface area contributed by atoms with Crippen molar-refractivity contribution in [1.29, 1.82) is 0 Å². The lowest BCUT2D eigenvalue weighted by Gasteiger charge is -2.47. The summed E-state index contributed by atoms with van der Waals surface area (Å²) in [5.74, 6) is 0.286. The van der Waals surface area contributed by atoms with E-state index in [2.05, 4.69) is 55.0 Å². The van der Waals surface area contributed by atoms with E-state index in [9.17, 15) is 9.90 Å². The highest BCUT2D eigenvalue weighted by atomic mass is 16.6. The van der Waals surface area contributed by atoms with Gasteiger partial charge in [-0.25, -0.2) is 0 Å². The average Bonchev–Trinajstić information content (AvgIpc) is 2.33. The summed E-state index contributed by atoms with van der Waals surface area (Å²) in [6.45, 7) is 21.2. The molecule has 0 aromatic rings. The van der Waals surface area contributed by atoms with Gasteiger partial charge < -0.3 is 9.84 Å². The van der Waals surface area contributed by atoms with Crippen LogP contribution in [-0.2, 0) is 9.53 Å². The number of ether oxygens (including phenoxy) is 1. The van der Waals surface area contributed by atoms with Crippen LogP contribution >= 0.6 is 0 Å². The highest BCUT2D eigenvalue weighted by Crippen LogP contribution is 2.49. The van der Waals surface area contributed by atoms with Crippen molar-refractivity contribution in [3.8, 4) is 0 Å². The largest absolute Gasteiger partial charge is 0.458 e. The molecule has 3 unspecified atom stereocenters. The second-order valence-corrected chi connectivity index (χ2v) is 10.8. The molecule has 0 spiro atoms. The fourth-order valence-electron chi connectivity index (χ4n) is 4.34. The van der Waals surface area contributed by atoms with E-state index < -0.39 is 11.0 Å². The summed E-state index contributed by atoms with van der Waals surface area (Å²) in [5, 5.41) is 9.60. The number of esters is 1. The molecule has 1 fully saturated rings. The molecule has 1 rings (SSSR count). The number of hydrogen-bond acceptors (Lipinski definition) is 3. The molecule has 0 saturated heterocycles. The van der Waals surface area contributed by atoms with Gasteiger partial charge in [0.15, 0.2) is 0 Å². The molecule has 3 atom stereocenters. The number of aliphatic hydroxyl groups excluding tert-OH is 1. The molecule has 1 aliphatic rings. The van der Waals surface area contributed by atoms with Crippen molar-refractivity contribution in [3.63, 3.8) is 0 Å². The summed E-state index contributed by atoms with van der Waals surface area (Å²) in [7, 11) is 0. The van der Waals surface area contributed by atoms with E-state index >= 15 is 0 Å². The minimum Gasteiger partial charge on any atom is -0.458 e. The lowest BCUT2D eigenvalue weighted by Crippen LogP contribution is -2.50. The van der Waals surface area contributed by atoms with E-state index in [1.165, 1.54) is 0 Å². The molecule has 0 aromatic heterocycles. The molecule has 3 nitrogen and oxygen atoms in total. The van der Waals surface area contributed by atoms with Crippen LogP contribution in [-0.4, -0.2) is 23.3 Å². The summed E-state index contributed by atoms with van der Waals surface area (Å²) in [6, 6.07) is 0. The van der Waals surface area contributed by atoms with Gasteiger partial charge in [0, 0.05) is 19.4 Å². The molecule has 25 heavy (non-hydrogen) atoms. The molecule has 1 saturated carbocycles. The van der Waals surface area contributed by atoms with Crippen LogP contribution in [0.5, 0.6) is 0 Å². The second-order valence-electron chi connectivity index (χ2n) is 10.8. The Hall–Kier alpha value is -0.830. The number of aliphatic hydroxyl groups is 1. The van der Waals surface area contributed by atoms with Crippen molar-refractivity contribution in [2.24, 2.45) is 22.2 Å². The zero-order valence-electron chi connectivity index (χ0n) is 17.8. The first-order valence-electron chi connectivity index (χ1n) is 9.65. The van der Waals surface area contributed by atoms with Gasteiger partial charge in [0.05, 0.1) is 5.41 Å². The van der Waals surface area contributed by atoms with Gasteiger partial charge in [-0.1, -0.05) is 60.6 Å². The van der Waals surface area contributed by atoms with Gasteiger partial charge in [0.2, 0.25) is 0 Å². The Morgan fingerprint density at radius 2 is 1.80 bits per heavy atom. The Morgan fingerprint density at radius 1 is 1.24 bits per heavy atom. The second kappa shape index (κ2) is 7.42. The fraction of sp³-hybridized carbons (Fsp3) is 0.864. The Labute approximate surface area is 155 Å². The topological polar surface area (TPSA) is 46.5 Å². The molecule has 1 N–H and O–H groups in total. The zero-order valence-corrected chi connectivity index (χ0v) is 17.8. The van der Waals surface area contributed by atoms with Crippen molar-refractivity contribution in [3.05, 3.63) is 12.2 Å². The smallest absolute Gasteiger partial charge is 0.312 e. The maximum absolute atomic E-state index is 13.4. The number of carbonyl (C=O) groups is 1. The van der Waals surface area contributed by atoms with Crippen molar-refractivity contribution in [2.45, 2.75) is 93.1 Å². The van der Waals surface area contributed by atoms with Crippen LogP contribution in [0.4, 0.5) is 0 Å². The summed E-state index contributed by atoms with van der Waals surface area (Å²) in [5.41, 5.74) is -0.266. The summed E-state index contributed by atoms with van der Waals surface area (Å²) in [4.78, 5) is 13.4. The van der Waals surface area contributed by atoms with Crippen molar-refractivity contribution in [2.75, 3.05) is 6.61 Å². The lowest BCUT2D eigenvalue weighted by atomic mass is 9.61. The zero-order chi connectivity index (χ0) is 19.7. The summed E-state index contributed by atoms with van der Waals surface area (Å²) in [6.07, 6.45) is 3.68. The molecular weight excluding hydrogens is 312 g/mol. The summed E-state index contributed by atoms with van der Waals surface area (Å²) >= 11 is 0. The van der Waals surface area contributed by atoms with E-state index in [0.717, 1.165) is 24.8 Å². The minimum atomic E-state index is -0.606. The maximum atomic E-state index is 13.4. The number of hydrogen-bond donors (Lipinski definition) is 1. The first kappa shape index (κ1) is 22.2. The summed E-state index contributed by atoms with van der Waals surface area (Å²) < 4.78 is 6.24. The first-order valence-corrected chi connectivity index (χ1v) is 9.65. The Bertz CT molecular complexity index is 494. The predicted molar refractivity (Wildman–Crippen MR) is 104 cm³/mol. The van der Waals surface area contributed by atoms with Gasteiger partial charge >= 0.3 is 5.97 Å². The van der Waals surface area contributed by atoms with E-state index in [4.69, 9.17) is 4.74 Å². The molecule has 0 bridgehead atoms. The molecule has 146 valence electrons. The lowest BCUT2D eigenvalue weighted by molar-refractivity contribution is -0.186.